The number of benzene rings is 1. The Hall–Kier alpha value is -0.820. The van der Waals surface area contributed by atoms with Crippen LogP contribution in [0.25, 0.3) is 0 Å². The summed E-state index contributed by atoms with van der Waals surface area (Å²) in [5.74, 6) is 0.720. The first kappa shape index (κ1) is 12.6. The molecule has 94 valence electrons. The summed E-state index contributed by atoms with van der Waals surface area (Å²) in [5, 5.41) is 3.72. The van der Waals surface area contributed by atoms with E-state index in [1.54, 1.807) is 0 Å². The van der Waals surface area contributed by atoms with E-state index in [0.717, 1.165) is 12.5 Å². The Balaban J connectivity index is 2.22. The lowest BCUT2D eigenvalue weighted by atomic mass is 9.71. The molecule has 0 saturated heterocycles. The van der Waals surface area contributed by atoms with Crippen LogP contribution in [0, 0.1) is 5.92 Å². The maximum absolute atomic E-state index is 3.72. The van der Waals surface area contributed by atoms with Crippen molar-refractivity contribution in [2.45, 2.75) is 52.0 Å². The van der Waals surface area contributed by atoms with Gasteiger partial charge < -0.3 is 5.32 Å². The van der Waals surface area contributed by atoms with Crippen LogP contribution >= 0.6 is 0 Å². The zero-order valence-corrected chi connectivity index (χ0v) is 11.6. The highest BCUT2D eigenvalue weighted by Crippen LogP contribution is 2.41. The van der Waals surface area contributed by atoms with Crippen LogP contribution in [0.4, 0.5) is 0 Å². The van der Waals surface area contributed by atoms with Crippen LogP contribution < -0.4 is 5.32 Å². The molecule has 0 saturated carbocycles. The van der Waals surface area contributed by atoms with Crippen molar-refractivity contribution < 1.29 is 0 Å². The minimum Gasteiger partial charge on any atom is -0.310 e. The maximum atomic E-state index is 3.72. The van der Waals surface area contributed by atoms with E-state index in [4.69, 9.17) is 0 Å². The molecule has 1 aromatic rings. The third-order valence-electron chi connectivity index (χ3n) is 3.90. The number of nitrogens with one attached hydrogen (secondary N) is 1. The average Bonchev–Trinajstić information content (AvgIpc) is 2.28. The van der Waals surface area contributed by atoms with Crippen LogP contribution in [-0.4, -0.2) is 6.54 Å². The van der Waals surface area contributed by atoms with Gasteiger partial charge in [-0.15, -0.1) is 0 Å². The highest BCUT2D eigenvalue weighted by molar-refractivity contribution is 5.38. The molecule has 0 heterocycles. The minimum atomic E-state index is 0.340. The molecule has 1 nitrogen and oxygen atoms in total. The van der Waals surface area contributed by atoms with Crippen molar-refractivity contribution in [3.8, 4) is 0 Å². The molecular weight excluding hydrogens is 206 g/mol. The Labute approximate surface area is 106 Å². The number of fused-ring (bicyclic) bond motifs is 1. The number of hydrogen-bond acceptors (Lipinski definition) is 1. The Kier molecular flexibility index (Phi) is 3.58. The highest BCUT2D eigenvalue weighted by atomic mass is 14.9. The summed E-state index contributed by atoms with van der Waals surface area (Å²) < 4.78 is 0. The SMILES string of the molecule is CC(C)CNC1CCC(C)(C)c2ccccc21. The van der Waals surface area contributed by atoms with Gasteiger partial charge in [-0.1, -0.05) is 52.0 Å². The molecule has 1 N–H and O–H groups in total. The molecule has 1 heteroatoms. The molecule has 1 aliphatic rings. The normalized spacial score (nSPS) is 22.5. The molecule has 0 spiro atoms. The first-order valence-corrected chi connectivity index (χ1v) is 6.83. The second kappa shape index (κ2) is 4.81. The molecule has 1 aliphatic carbocycles. The summed E-state index contributed by atoms with van der Waals surface area (Å²) in [6, 6.07) is 9.50. The van der Waals surface area contributed by atoms with Gasteiger partial charge >= 0.3 is 0 Å². The predicted molar refractivity (Wildman–Crippen MR) is 74.3 cm³/mol. The van der Waals surface area contributed by atoms with Crippen molar-refractivity contribution in [1.82, 2.24) is 5.32 Å². The van der Waals surface area contributed by atoms with Gasteiger partial charge in [0.05, 0.1) is 0 Å². The smallest absolute Gasteiger partial charge is 0.0323 e. The van der Waals surface area contributed by atoms with Gasteiger partial charge in [-0.2, -0.15) is 0 Å². The van der Waals surface area contributed by atoms with Crippen LogP contribution in [0.2, 0.25) is 0 Å². The summed E-state index contributed by atoms with van der Waals surface area (Å²) in [7, 11) is 0. The first-order valence-electron chi connectivity index (χ1n) is 6.83. The lowest BCUT2D eigenvalue weighted by molar-refractivity contribution is 0.348. The summed E-state index contributed by atoms with van der Waals surface area (Å²) in [5.41, 5.74) is 3.39. The van der Waals surface area contributed by atoms with Gasteiger partial charge in [0, 0.05) is 6.04 Å². The van der Waals surface area contributed by atoms with Crippen LogP contribution in [-0.2, 0) is 5.41 Å². The second-order valence-electron chi connectivity index (χ2n) is 6.36. The van der Waals surface area contributed by atoms with Crippen LogP contribution in [0.15, 0.2) is 24.3 Å². The monoisotopic (exact) mass is 231 g/mol. The van der Waals surface area contributed by atoms with Gasteiger partial charge in [0.1, 0.15) is 0 Å². The molecule has 1 atom stereocenters. The molecule has 1 unspecified atom stereocenters. The maximum Gasteiger partial charge on any atom is 0.0323 e. The third-order valence-corrected chi connectivity index (χ3v) is 3.90. The molecule has 0 bridgehead atoms. The van der Waals surface area contributed by atoms with E-state index in [0.29, 0.717) is 11.5 Å². The average molecular weight is 231 g/mol. The lowest BCUT2D eigenvalue weighted by Crippen LogP contribution is -2.34. The van der Waals surface area contributed by atoms with E-state index in [2.05, 4.69) is 57.3 Å². The van der Waals surface area contributed by atoms with Gasteiger partial charge in [-0.25, -0.2) is 0 Å². The van der Waals surface area contributed by atoms with Gasteiger partial charge in [0.2, 0.25) is 0 Å². The van der Waals surface area contributed by atoms with Gasteiger partial charge in [-0.3, -0.25) is 0 Å². The zero-order valence-electron chi connectivity index (χ0n) is 11.6. The topological polar surface area (TPSA) is 12.0 Å². The fraction of sp³-hybridized carbons (Fsp3) is 0.625. The summed E-state index contributed by atoms with van der Waals surface area (Å²) in [6.45, 7) is 10.4. The summed E-state index contributed by atoms with van der Waals surface area (Å²) in [4.78, 5) is 0. The van der Waals surface area contributed by atoms with E-state index in [-0.39, 0.29) is 0 Å². The van der Waals surface area contributed by atoms with Crippen LogP contribution in [0.5, 0.6) is 0 Å². The third kappa shape index (κ3) is 2.71. The molecule has 2 rings (SSSR count). The van der Waals surface area contributed by atoms with Gasteiger partial charge in [0.25, 0.3) is 0 Å². The van der Waals surface area contributed by atoms with Crippen molar-refractivity contribution in [1.29, 1.82) is 0 Å². The Morgan fingerprint density at radius 2 is 2.00 bits per heavy atom. The van der Waals surface area contributed by atoms with Crippen LogP contribution in [0.1, 0.15) is 57.7 Å². The molecule has 0 amide bonds. The Morgan fingerprint density at radius 3 is 2.71 bits per heavy atom. The van der Waals surface area contributed by atoms with Crippen molar-refractivity contribution in [3.63, 3.8) is 0 Å². The van der Waals surface area contributed by atoms with Gasteiger partial charge in [-0.05, 0) is 41.8 Å². The lowest BCUT2D eigenvalue weighted by Gasteiger charge is -2.37. The molecule has 0 radical (unpaired) electrons. The van der Waals surface area contributed by atoms with Crippen LogP contribution in [0.3, 0.4) is 0 Å². The molecule has 17 heavy (non-hydrogen) atoms. The first-order chi connectivity index (χ1) is 8.00. The minimum absolute atomic E-state index is 0.340. The Morgan fingerprint density at radius 1 is 1.29 bits per heavy atom. The standard InChI is InChI=1S/C16H25N/c1-12(2)11-17-15-9-10-16(3,4)14-8-6-5-7-13(14)15/h5-8,12,15,17H,9-11H2,1-4H3. The summed E-state index contributed by atoms with van der Waals surface area (Å²) >= 11 is 0. The van der Waals surface area contributed by atoms with Crippen molar-refractivity contribution >= 4 is 0 Å². The number of hydrogen-bond donors (Lipinski definition) is 1. The summed E-state index contributed by atoms with van der Waals surface area (Å²) in [6.07, 6.45) is 2.54. The quantitative estimate of drug-likeness (QED) is 0.827. The van der Waals surface area contributed by atoms with E-state index >= 15 is 0 Å². The predicted octanol–water partition coefficient (Wildman–Crippen LogP) is 4.04. The molecule has 0 fully saturated rings. The fourth-order valence-corrected chi connectivity index (χ4v) is 2.80. The van der Waals surface area contributed by atoms with Crippen molar-refractivity contribution in [2.24, 2.45) is 5.92 Å². The van der Waals surface area contributed by atoms with E-state index < -0.39 is 0 Å². The van der Waals surface area contributed by atoms with E-state index in [1.807, 2.05) is 0 Å². The molecule has 1 aromatic carbocycles. The van der Waals surface area contributed by atoms with E-state index in [9.17, 15) is 0 Å². The zero-order chi connectivity index (χ0) is 12.5. The fourth-order valence-electron chi connectivity index (χ4n) is 2.80. The van der Waals surface area contributed by atoms with Gasteiger partial charge in [0.15, 0.2) is 0 Å². The Bertz CT molecular complexity index is 379. The van der Waals surface area contributed by atoms with Crippen molar-refractivity contribution in [3.05, 3.63) is 35.4 Å². The second-order valence-corrected chi connectivity index (χ2v) is 6.36. The highest BCUT2D eigenvalue weighted by Gasteiger charge is 2.31. The largest absolute Gasteiger partial charge is 0.310 e. The number of rotatable bonds is 3. The van der Waals surface area contributed by atoms with Crippen molar-refractivity contribution in [2.75, 3.05) is 6.54 Å². The molecule has 0 aliphatic heterocycles. The molecular formula is C16H25N. The molecule has 0 aromatic heterocycles. The van der Waals surface area contributed by atoms with E-state index in [1.165, 1.54) is 24.0 Å².